The molecule has 0 aromatic rings. The predicted molar refractivity (Wildman–Crippen MR) is 125 cm³/mol. The third kappa shape index (κ3) is 2.60. The van der Waals surface area contributed by atoms with E-state index >= 15 is 0 Å². The van der Waals surface area contributed by atoms with E-state index in [2.05, 4.69) is 20.8 Å². The van der Waals surface area contributed by atoms with Crippen LogP contribution in [0.25, 0.3) is 0 Å². The van der Waals surface area contributed by atoms with Gasteiger partial charge in [-0.15, -0.1) is 0 Å². The molecule has 32 heavy (non-hydrogen) atoms. The van der Waals surface area contributed by atoms with Crippen molar-refractivity contribution in [2.75, 3.05) is 13.6 Å². The number of rotatable bonds is 2. The van der Waals surface area contributed by atoms with Crippen molar-refractivity contribution in [3.8, 4) is 0 Å². The van der Waals surface area contributed by atoms with Crippen LogP contribution in [0.5, 0.6) is 0 Å². The van der Waals surface area contributed by atoms with Crippen molar-refractivity contribution in [1.29, 1.82) is 0 Å². The quantitative estimate of drug-likeness (QED) is 0.651. The Hall–Kier alpha value is -0.610. The summed E-state index contributed by atoms with van der Waals surface area (Å²) in [6.45, 7) is 9.74. The summed E-state index contributed by atoms with van der Waals surface area (Å²) in [6, 6.07) is 0. The van der Waals surface area contributed by atoms with E-state index in [-0.39, 0.29) is 23.5 Å². The number of hydrogen-bond donors (Lipinski definition) is 1. The Labute approximate surface area is 194 Å². The molecule has 1 amide bonds. The first-order chi connectivity index (χ1) is 15.0. The summed E-state index contributed by atoms with van der Waals surface area (Å²) in [5.74, 6) is 3.24. The lowest BCUT2D eigenvalue weighted by molar-refractivity contribution is -0.138. The lowest BCUT2D eigenvalue weighted by Crippen LogP contribution is -2.54. The van der Waals surface area contributed by atoms with Crippen molar-refractivity contribution in [3.63, 3.8) is 0 Å². The number of aliphatic hydroxyl groups excluding tert-OH is 1. The monoisotopic (exact) mass is 443 g/mol. The number of fused-ring (bicyclic) bond motifs is 4. The van der Waals surface area contributed by atoms with Gasteiger partial charge in [-0.05, 0) is 110 Å². The lowest BCUT2D eigenvalue weighted by Gasteiger charge is -2.59. The van der Waals surface area contributed by atoms with Gasteiger partial charge in [-0.1, -0.05) is 20.8 Å². The number of nitrogens with zero attached hydrogens (tertiary/aromatic N) is 1. The van der Waals surface area contributed by atoms with Gasteiger partial charge < -0.3 is 14.7 Å². The zero-order chi connectivity index (χ0) is 22.7. The van der Waals surface area contributed by atoms with Crippen LogP contribution in [0.15, 0.2) is 0 Å². The van der Waals surface area contributed by atoms with Gasteiger partial charge in [0.1, 0.15) is 0 Å². The Bertz CT molecular complexity index is 810. The van der Waals surface area contributed by atoms with Gasteiger partial charge in [-0.2, -0.15) is 0 Å². The van der Waals surface area contributed by atoms with Crippen LogP contribution >= 0.6 is 0 Å². The largest absolute Gasteiger partial charge is 0.393 e. The Morgan fingerprint density at radius 1 is 0.969 bits per heavy atom. The molecule has 1 heterocycles. The molecule has 8 unspecified atom stereocenters. The maximum atomic E-state index is 11.7. The second kappa shape index (κ2) is 6.74. The highest BCUT2D eigenvalue weighted by Gasteiger charge is 2.80. The van der Waals surface area contributed by atoms with E-state index in [1.807, 2.05) is 11.9 Å². The molecule has 0 radical (unpaired) electrons. The number of carbonyl (C=O) groups excluding carboxylic acids is 1. The number of amides is 1. The lowest BCUT2D eigenvalue weighted by atomic mass is 9.46. The summed E-state index contributed by atoms with van der Waals surface area (Å²) < 4.78 is 6.74. The molecule has 0 aromatic carbocycles. The fourth-order valence-corrected chi connectivity index (χ4v) is 10.9. The Balaban J connectivity index is 1.23. The maximum absolute atomic E-state index is 11.7. The van der Waals surface area contributed by atoms with Crippen LogP contribution in [-0.4, -0.2) is 47.8 Å². The number of likely N-dealkylation sites (N-methyl/N-ethyl adjacent to an activating group) is 1. The minimum absolute atomic E-state index is 0.0796. The second-order valence-electron chi connectivity index (χ2n) is 13.8. The number of carbonyl (C=O) groups is 1. The Morgan fingerprint density at radius 3 is 2.47 bits per heavy atom. The maximum Gasteiger partial charge on any atom is 0.219 e. The van der Waals surface area contributed by atoms with Gasteiger partial charge in [0.2, 0.25) is 5.91 Å². The zero-order valence-corrected chi connectivity index (χ0v) is 21.0. The molecule has 1 aliphatic heterocycles. The minimum Gasteiger partial charge on any atom is -0.393 e. The zero-order valence-electron chi connectivity index (χ0n) is 21.0. The first-order valence-corrected chi connectivity index (χ1v) is 13.6. The van der Waals surface area contributed by atoms with E-state index < -0.39 is 0 Å². The van der Waals surface area contributed by atoms with Gasteiger partial charge in [0, 0.05) is 20.5 Å². The van der Waals surface area contributed by atoms with E-state index in [0.29, 0.717) is 34.2 Å². The smallest absolute Gasteiger partial charge is 0.219 e. The summed E-state index contributed by atoms with van der Waals surface area (Å²) in [4.78, 5) is 13.6. The molecule has 6 fully saturated rings. The standard InChI is InChI=1S/C28H45NO3/c1-17(30)29(5)15-18-6-7-20-22(32-18)14-21-19-8-9-23-25(2,3)24(31)10-11-28(23)16-27(19,28)13-12-26(20,21)4/h18-24,31H,6-16H2,1-5H3/t18?,19?,20?,21?,22?,23?,24-,26?,27-,28?/m0/s1. The summed E-state index contributed by atoms with van der Waals surface area (Å²) in [7, 11) is 1.91. The molecular weight excluding hydrogens is 398 g/mol. The average molecular weight is 444 g/mol. The Kier molecular flexibility index (Phi) is 4.61. The summed E-state index contributed by atoms with van der Waals surface area (Å²) in [5.41, 5.74) is 1.62. The van der Waals surface area contributed by atoms with E-state index in [1.165, 1.54) is 51.4 Å². The SMILES string of the molecule is CC(=O)N(C)CC1CCC2C(CC3C4CCC5C(C)(C)[C@@H](O)CCC56C[C@@]46CCC23C)O1. The molecule has 6 rings (SSSR count). The van der Waals surface area contributed by atoms with Crippen LogP contribution in [0, 0.1) is 45.3 Å². The van der Waals surface area contributed by atoms with Crippen LogP contribution in [0.2, 0.25) is 0 Å². The first kappa shape index (κ1) is 21.9. The van der Waals surface area contributed by atoms with Crippen molar-refractivity contribution in [2.24, 2.45) is 45.3 Å². The molecular formula is C28H45NO3. The van der Waals surface area contributed by atoms with Crippen LogP contribution in [0.4, 0.5) is 0 Å². The fraction of sp³-hybridized carbons (Fsp3) is 0.964. The molecule has 5 aliphatic carbocycles. The molecule has 2 spiro atoms. The summed E-state index contributed by atoms with van der Waals surface area (Å²) >= 11 is 0. The van der Waals surface area contributed by atoms with Gasteiger partial charge >= 0.3 is 0 Å². The number of hydrogen-bond acceptors (Lipinski definition) is 3. The van der Waals surface area contributed by atoms with Crippen molar-refractivity contribution in [3.05, 3.63) is 0 Å². The van der Waals surface area contributed by atoms with Crippen LogP contribution in [-0.2, 0) is 9.53 Å². The van der Waals surface area contributed by atoms with E-state index in [0.717, 1.165) is 31.2 Å². The normalized spacial score (nSPS) is 55.0. The van der Waals surface area contributed by atoms with Crippen LogP contribution in [0.3, 0.4) is 0 Å². The van der Waals surface area contributed by atoms with E-state index in [9.17, 15) is 9.90 Å². The third-order valence-electron chi connectivity index (χ3n) is 12.7. The Morgan fingerprint density at radius 2 is 1.72 bits per heavy atom. The van der Waals surface area contributed by atoms with Gasteiger partial charge in [-0.25, -0.2) is 0 Å². The molecule has 0 bridgehead atoms. The number of ether oxygens (including phenoxy) is 1. The van der Waals surface area contributed by atoms with Crippen LogP contribution < -0.4 is 0 Å². The third-order valence-corrected chi connectivity index (χ3v) is 12.7. The predicted octanol–water partition coefficient (Wildman–Crippen LogP) is 5.03. The highest BCUT2D eigenvalue weighted by atomic mass is 16.5. The van der Waals surface area contributed by atoms with Crippen molar-refractivity contribution < 1.29 is 14.6 Å². The van der Waals surface area contributed by atoms with Gasteiger partial charge in [0.15, 0.2) is 0 Å². The van der Waals surface area contributed by atoms with Crippen molar-refractivity contribution in [1.82, 2.24) is 4.90 Å². The van der Waals surface area contributed by atoms with Crippen LogP contribution in [0.1, 0.15) is 91.9 Å². The molecule has 5 saturated carbocycles. The van der Waals surface area contributed by atoms with Gasteiger partial charge in [0.05, 0.1) is 18.3 Å². The molecule has 0 aromatic heterocycles. The summed E-state index contributed by atoms with van der Waals surface area (Å²) in [6.07, 6.45) is 13.4. The fourth-order valence-electron chi connectivity index (χ4n) is 10.9. The second-order valence-corrected chi connectivity index (χ2v) is 13.8. The highest BCUT2D eigenvalue weighted by molar-refractivity contribution is 5.72. The van der Waals surface area contributed by atoms with E-state index in [1.54, 1.807) is 6.92 Å². The molecule has 1 N–H and O–H groups in total. The molecule has 6 aliphatic rings. The highest BCUT2D eigenvalue weighted by Crippen LogP contribution is 2.87. The van der Waals surface area contributed by atoms with Crippen molar-refractivity contribution in [2.45, 2.75) is 110 Å². The first-order valence-electron chi connectivity index (χ1n) is 13.6. The van der Waals surface area contributed by atoms with Gasteiger partial charge in [-0.3, -0.25) is 4.79 Å². The van der Waals surface area contributed by atoms with Gasteiger partial charge in [0.25, 0.3) is 0 Å². The topological polar surface area (TPSA) is 49.8 Å². The molecule has 1 saturated heterocycles. The van der Waals surface area contributed by atoms with E-state index in [4.69, 9.17) is 4.74 Å². The molecule has 4 heteroatoms. The molecule has 10 atom stereocenters. The average Bonchev–Trinajstić information content (AvgIpc) is 3.32. The molecule has 4 nitrogen and oxygen atoms in total. The minimum atomic E-state index is -0.117. The van der Waals surface area contributed by atoms with Crippen molar-refractivity contribution >= 4 is 5.91 Å². The number of aliphatic hydroxyl groups is 1. The summed E-state index contributed by atoms with van der Waals surface area (Å²) in [5, 5.41) is 10.8. The molecule has 180 valence electrons.